The number of halogens is 1. The maximum atomic E-state index is 13.4. The first kappa shape index (κ1) is 21.9. The van der Waals surface area contributed by atoms with Gasteiger partial charge in [0.15, 0.2) is 11.5 Å². The third-order valence-electron chi connectivity index (χ3n) is 5.85. The van der Waals surface area contributed by atoms with Crippen LogP contribution in [0, 0.1) is 6.92 Å². The summed E-state index contributed by atoms with van der Waals surface area (Å²) in [4.78, 5) is 28.1. The predicted molar refractivity (Wildman–Crippen MR) is 127 cm³/mol. The minimum atomic E-state index is -0.885. The Labute approximate surface area is 200 Å². The molecule has 0 aliphatic carbocycles. The molecule has 0 saturated carbocycles. The maximum Gasteiger partial charge on any atom is 0.300 e. The average Bonchev–Trinajstić information content (AvgIpc) is 3.40. The van der Waals surface area contributed by atoms with E-state index in [4.69, 9.17) is 25.8 Å². The van der Waals surface area contributed by atoms with Crippen LogP contribution in [0.5, 0.6) is 17.2 Å². The van der Waals surface area contributed by atoms with E-state index in [1.54, 1.807) is 30.3 Å². The largest absolute Gasteiger partial charge is 0.507 e. The Kier molecular flexibility index (Phi) is 5.42. The first-order valence-corrected chi connectivity index (χ1v) is 10.9. The van der Waals surface area contributed by atoms with E-state index in [-0.39, 0.29) is 23.7 Å². The number of amides is 1. The second kappa shape index (κ2) is 8.43. The molecule has 2 aliphatic rings. The molecule has 3 aromatic rings. The van der Waals surface area contributed by atoms with E-state index in [1.807, 2.05) is 31.2 Å². The normalized spacial score (nSPS) is 18.4. The highest BCUT2D eigenvalue weighted by molar-refractivity contribution is 6.51. The second-order valence-electron chi connectivity index (χ2n) is 7.97. The number of carbonyl (C=O) groups excluding carboxylic acids is 2. The number of ether oxygens (including phenoxy) is 3. The fourth-order valence-corrected chi connectivity index (χ4v) is 4.47. The van der Waals surface area contributed by atoms with E-state index in [0.717, 1.165) is 5.56 Å². The van der Waals surface area contributed by atoms with Crippen molar-refractivity contribution in [3.8, 4) is 17.2 Å². The predicted octanol–water partition coefficient (Wildman–Crippen LogP) is 5.01. The average molecular weight is 478 g/mol. The van der Waals surface area contributed by atoms with Crippen LogP contribution >= 0.6 is 11.6 Å². The molecule has 2 heterocycles. The number of rotatable bonds is 4. The van der Waals surface area contributed by atoms with E-state index in [9.17, 15) is 14.7 Å². The highest BCUT2D eigenvalue weighted by Gasteiger charge is 2.47. The molecule has 7 nitrogen and oxygen atoms in total. The molecule has 1 amide bonds. The lowest BCUT2D eigenvalue weighted by molar-refractivity contribution is -0.132. The Bertz CT molecular complexity index is 1370. The van der Waals surface area contributed by atoms with E-state index >= 15 is 0 Å². The number of benzene rings is 3. The van der Waals surface area contributed by atoms with Crippen molar-refractivity contribution in [2.75, 3.05) is 18.8 Å². The lowest BCUT2D eigenvalue weighted by Gasteiger charge is -2.26. The Balaban J connectivity index is 1.75. The van der Waals surface area contributed by atoms with Gasteiger partial charge in [0.05, 0.1) is 24.3 Å². The zero-order valence-corrected chi connectivity index (χ0v) is 19.1. The van der Waals surface area contributed by atoms with Gasteiger partial charge in [-0.15, -0.1) is 0 Å². The van der Waals surface area contributed by atoms with Crippen molar-refractivity contribution in [3.05, 3.63) is 87.9 Å². The molecule has 34 heavy (non-hydrogen) atoms. The summed E-state index contributed by atoms with van der Waals surface area (Å²) in [7, 11) is 1.45. The van der Waals surface area contributed by atoms with Crippen molar-refractivity contribution in [1.82, 2.24) is 0 Å². The van der Waals surface area contributed by atoms with Crippen LogP contribution in [-0.2, 0) is 9.59 Å². The molecule has 1 unspecified atom stereocenters. The molecular weight excluding hydrogens is 458 g/mol. The summed E-state index contributed by atoms with van der Waals surface area (Å²) < 4.78 is 16.2. The molecule has 1 fully saturated rings. The number of hydrogen-bond donors (Lipinski definition) is 1. The number of methoxy groups -OCH3 is 1. The number of aryl methyl sites for hydroxylation is 1. The summed E-state index contributed by atoms with van der Waals surface area (Å²) in [6.45, 7) is 1.99. The van der Waals surface area contributed by atoms with E-state index in [0.29, 0.717) is 33.5 Å². The Morgan fingerprint density at radius 1 is 1.06 bits per heavy atom. The number of fused-ring (bicyclic) bond motifs is 1. The van der Waals surface area contributed by atoms with E-state index in [2.05, 4.69) is 0 Å². The van der Waals surface area contributed by atoms with Crippen molar-refractivity contribution in [2.24, 2.45) is 0 Å². The number of hydrogen-bond acceptors (Lipinski definition) is 6. The number of aliphatic hydroxyl groups is 1. The van der Waals surface area contributed by atoms with Gasteiger partial charge in [-0.3, -0.25) is 14.5 Å². The van der Waals surface area contributed by atoms with Crippen molar-refractivity contribution < 1.29 is 28.9 Å². The zero-order chi connectivity index (χ0) is 24.0. The lowest BCUT2D eigenvalue weighted by Crippen LogP contribution is -2.29. The Morgan fingerprint density at radius 3 is 2.62 bits per heavy atom. The molecule has 2 aliphatic heterocycles. The van der Waals surface area contributed by atoms with Gasteiger partial charge >= 0.3 is 0 Å². The van der Waals surface area contributed by atoms with Crippen LogP contribution in [0.25, 0.3) is 5.76 Å². The van der Waals surface area contributed by atoms with Crippen molar-refractivity contribution in [1.29, 1.82) is 0 Å². The molecule has 1 atom stereocenters. The third-order valence-corrected chi connectivity index (χ3v) is 6.09. The van der Waals surface area contributed by atoms with Crippen LogP contribution < -0.4 is 19.1 Å². The molecule has 5 rings (SSSR count). The van der Waals surface area contributed by atoms with Gasteiger partial charge in [-0.2, -0.15) is 0 Å². The molecule has 3 aromatic carbocycles. The quantitative estimate of drug-likeness (QED) is 0.323. The first-order chi connectivity index (χ1) is 16.4. The first-order valence-electron chi connectivity index (χ1n) is 10.5. The summed E-state index contributed by atoms with van der Waals surface area (Å²) in [6.07, 6.45) is 0. The highest BCUT2D eigenvalue weighted by atomic mass is 35.5. The highest BCUT2D eigenvalue weighted by Crippen LogP contribution is 2.45. The van der Waals surface area contributed by atoms with Gasteiger partial charge in [-0.05, 0) is 42.8 Å². The van der Waals surface area contributed by atoms with E-state index in [1.165, 1.54) is 18.1 Å². The number of Topliss-reactive ketones (excluding diaryl/α,β-unsaturated/α-hetero) is 1. The molecule has 1 N–H and O–H groups in total. The number of carbonyl (C=O) groups is 2. The summed E-state index contributed by atoms with van der Waals surface area (Å²) in [5.74, 6) is -0.613. The van der Waals surface area contributed by atoms with Crippen LogP contribution in [-0.4, -0.2) is 30.7 Å². The summed E-state index contributed by atoms with van der Waals surface area (Å²) in [5.41, 5.74) is 2.20. The van der Waals surface area contributed by atoms with Crippen molar-refractivity contribution in [3.63, 3.8) is 0 Å². The van der Waals surface area contributed by atoms with Crippen LogP contribution in [0.1, 0.15) is 22.7 Å². The Hall–Kier alpha value is -3.97. The van der Waals surface area contributed by atoms with E-state index < -0.39 is 17.7 Å². The fraction of sp³-hybridized carbons (Fsp3) is 0.154. The zero-order valence-electron chi connectivity index (χ0n) is 18.4. The molecular formula is C26H20ClNO6. The third kappa shape index (κ3) is 3.54. The molecule has 0 spiro atoms. The Morgan fingerprint density at radius 2 is 1.85 bits per heavy atom. The number of anilines is 1. The van der Waals surface area contributed by atoms with Crippen molar-refractivity contribution >= 4 is 34.7 Å². The summed E-state index contributed by atoms with van der Waals surface area (Å²) >= 11 is 6.17. The minimum absolute atomic E-state index is 0.0613. The standard InChI is InChI=1S/C26H20ClNO6/c1-14-4-3-5-15(10-14)23-22(24(29)18-11-16(27)6-8-19(18)32-2)25(30)26(31)28(23)17-7-9-20-21(12-17)34-13-33-20/h3-12,23,29H,13H2,1-2H3/b24-22+. The number of nitrogens with zero attached hydrogens (tertiary/aromatic N) is 1. The molecule has 1 saturated heterocycles. The topological polar surface area (TPSA) is 85.3 Å². The number of ketones is 1. The SMILES string of the molecule is COc1ccc(Cl)cc1/C(O)=C1\C(=O)C(=O)N(c2ccc3c(c2)OCO3)C1c1cccc(C)c1. The molecule has 8 heteroatoms. The molecule has 0 aromatic heterocycles. The molecule has 0 radical (unpaired) electrons. The van der Waals surface area contributed by atoms with Crippen molar-refractivity contribution in [2.45, 2.75) is 13.0 Å². The van der Waals surface area contributed by atoms with Crippen LogP contribution in [0.2, 0.25) is 5.02 Å². The van der Waals surface area contributed by atoms with Gasteiger partial charge in [-0.1, -0.05) is 41.4 Å². The molecule has 0 bridgehead atoms. The van der Waals surface area contributed by atoms with Crippen LogP contribution in [0.3, 0.4) is 0 Å². The smallest absolute Gasteiger partial charge is 0.300 e. The lowest BCUT2D eigenvalue weighted by atomic mass is 9.94. The summed E-state index contributed by atoms with van der Waals surface area (Å²) in [6, 6.07) is 16.3. The minimum Gasteiger partial charge on any atom is -0.507 e. The molecule has 172 valence electrons. The number of aliphatic hydroxyl groups excluding tert-OH is 1. The van der Waals surface area contributed by atoms with Gasteiger partial charge in [0.25, 0.3) is 11.7 Å². The van der Waals surface area contributed by atoms with Gasteiger partial charge < -0.3 is 19.3 Å². The van der Waals surface area contributed by atoms with Crippen LogP contribution in [0.4, 0.5) is 5.69 Å². The fourth-order valence-electron chi connectivity index (χ4n) is 4.30. The second-order valence-corrected chi connectivity index (χ2v) is 8.40. The maximum absolute atomic E-state index is 13.4. The van der Waals surface area contributed by atoms with Gasteiger partial charge in [0.2, 0.25) is 6.79 Å². The monoisotopic (exact) mass is 477 g/mol. The van der Waals surface area contributed by atoms with Crippen LogP contribution in [0.15, 0.2) is 66.2 Å². The summed E-state index contributed by atoms with van der Waals surface area (Å²) in [5, 5.41) is 11.7. The van der Waals surface area contributed by atoms with Gasteiger partial charge in [0, 0.05) is 16.8 Å². The van der Waals surface area contributed by atoms with Gasteiger partial charge in [0.1, 0.15) is 11.5 Å². The van der Waals surface area contributed by atoms with Gasteiger partial charge in [-0.25, -0.2) is 0 Å².